The Hall–Kier alpha value is -2.28. The zero-order valence-corrected chi connectivity index (χ0v) is 13.6. The molecule has 0 saturated carbocycles. The molecule has 0 saturated heterocycles. The average molecular weight is 340 g/mol. The maximum Gasteiger partial charge on any atom is 0.407 e. The number of ether oxygens (including phenoxy) is 2. The first kappa shape index (κ1) is 18.1. The quantitative estimate of drug-likeness (QED) is 0.869. The highest BCUT2D eigenvalue weighted by molar-refractivity contribution is 5.44. The van der Waals surface area contributed by atoms with Gasteiger partial charge < -0.3 is 9.47 Å². The molecule has 7 heteroatoms. The van der Waals surface area contributed by atoms with E-state index in [0.29, 0.717) is 5.75 Å². The number of alkyl halides is 3. The summed E-state index contributed by atoms with van der Waals surface area (Å²) in [5.74, 6) is 0.637. The summed E-state index contributed by atoms with van der Waals surface area (Å²) in [5.41, 5.74) is 1.55. The molecule has 4 nitrogen and oxygen atoms in total. The standard InChI is InChI=1S/C17H19F3N2O2/c1-11-8-12(6-7-21-11)10-22-16(17(18,19)20)13-4-5-14(23-2)15(9-13)24-3/h4-9,16,22H,10H2,1-3H3. The van der Waals surface area contributed by atoms with E-state index >= 15 is 0 Å². The lowest BCUT2D eigenvalue weighted by molar-refractivity contribution is -0.158. The van der Waals surface area contributed by atoms with E-state index in [9.17, 15) is 13.2 Å². The number of aryl methyl sites for hydroxylation is 1. The minimum atomic E-state index is -4.44. The van der Waals surface area contributed by atoms with Crippen molar-refractivity contribution in [3.63, 3.8) is 0 Å². The third-order valence-electron chi connectivity index (χ3n) is 3.54. The Kier molecular flexibility index (Phi) is 5.66. The summed E-state index contributed by atoms with van der Waals surface area (Å²) < 4.78 is 50.5. The molecule has 1 unspecified atom stereocenters. The van der Waals surface area contributed by atoms with Gasteiger partial charge in [0.2, 0.25) is 0 Å². The van der Waals surface area contributed by atoms with Crippen molar-refractivity contribution in [1.29, 1.82) is 0 Å². The Labute approximate surface area is 138 Å². The van der Waals surface area contributed by atoms with Gasteiger partial charge in [0.1, 0.15) is 6.04 Å². The number of nitrogens with one attached hydrogen (secondary N) is 1. The van der Waals surface area contributed by atoms with Gasteiger partial charge in [-0.15, -0.1) is 0 Å². The monoisotopic (exact) mass is 340 g/mol. The molecule has 1 aromatic heterocycles. The molecule has 0 bridgehead atoms. The van der Waals surface area contributed by atoms with Crippen LogP contribution in [0.3, 0.4) is 0 Å². The number of rotatable bonds is 6. The third kappa shape index (κ3) is 4.38. The van der Waals surface area contributed by atoms with Gasteiger partial charge in [-0.1, -0.05) is 6.07 Å². The molecule has 24 heavy (non-hydrogen) atoms. The van der Waals surface area contributed by atoms with Crippen LogP contribution in [-0.4, -0.2) is 25.4 Å². The van der Waals surface area contributed by atoms with E-state index in [2.05, 4.69) is 10.3 Å². The smallest absolute Gasteiger partial charge is 0.407 e. The SMILES string of the molecule is COc1ccc(C(NCc2ccnc(C)c2)C(F)(F)F)cc1OC. The highest BCUT2D eigenvalue weighted by Gasteiger charge is 2.40. The second kappa shape index (κ2) is 7.53. The number of pyridine rings is 1. The molecule has 2 aromatic rings. The molecule has 1 heterocycles. The Bertz CT molecular complexity index is 690. The molecule has 1 atom stereocenters. The first-order valence-electron chi connectivity index (χ1n) is 7.28. The highest BCUT2D eigenvalue weighted by atomic mass is 19.4. The third-order valence-corrected chi connectivity index (χ3v) is 3.54. The first-order valence-corrected chi connectivity index (χ1v) is 7.28. The fourth-order valence-electron chi connectivity index (χ4n) is 2.39. The van der Waals surface area contributed by atoms with Crippen molar-refractivity contribution in [3.05, 3.63) is 53.3 Å². The predicted octanol–water partition coefficient (Wildman–Crippen LogP) is 3.80. The molecule has 0 aliphatic heterocycles. The Balaban J connectivity index is 2.26. The van der Waals surface area contributed by atoms with E-state index in [4.69, 9.17) is 9.47 Å². The van der Waals surface area contributed by atoms with Crippen molar-refractivity contribution in [2.24, 2.45) is 0 Å². The first-order chi connectivity index (χ1) is 11.3. The molecule has 0 aliphatic carbocycles. The van der Waals surface area contributed by atoms with Gasteiger partial charge in [-0.3, -0.25) is 10.3 Å². The van der Waals surface area contributed by atoms with E-state index in [-0.39, 0.29) is 17.9 Å². The maximum atomic E-state index is 13.5. The molecule has 2 rings (SSSR count). The minimum absolute atomic E-state index is 0.0610. The van der Waals surface area contributed by atoms with Gasteiger partial charge >= 0.3 is 6.18 Å². The molecule has 0 amide bonds. The minimum Gasteiger partial charge on any atom is -0.493 e. The van der Waals surface area contributed by atoms with Gasteiger partial charge in [-0.25, -0.2) is 0 Å². The van der Waals surface area contributed by atoms with Gasteiger partial charge in [-0.2, -0.15) is 13.2 Å². The molecule has 1 N–H and O–H groups in total. The van der Waals surface area contributed by atoms with Crippen molar-refractivity contribution >= 4 is 0 Å². The lowest BCUT2D eigenvalue weighted by Crippen LogP contribution is -2.33. The van der Waals surface area contributed by atoms with E-state index in [1.165, 1.54) is 32.4 Å². The van der Waals surface area contributed by atoms with Crippen LogP contribution in [0.1, 0.15) is 22.9 Å². The van der Waals surface area contributed by atoms with E-state index in [0.717, 1.165) is 11.3 Å². The second-order valence-electron chi connectivity index (χ2n) is 5.28. The highest BCUT2D eigenvalue weighted by Crippen LogP contribution is 2.37. The molecular weight excluding hydrogens is 321 g/mol. The summed E-state index contributed by atoms with van der Waals surface area (Å²) >= 11 is 0. The van der Waals surface area contributed by atoms with Crippen LogP contribution < -0.4 is 14.8 Å². The Morgan fingerprint density at radius 2 is 1.79 bits per heavy atom. The van der Waals surface area contributed by atoms with E-state index < -0.39 is 12.2 Å². The zero-order chi connectivity index (χ0) is 17.7. The van der Waals surface area contributed by atoms with Gasteiger partial charge in [0, 0.05) is 18.4 Å². The van der Waals surface area contributed by atoms with Crippen LogP contribution in [0.5, 0.6) is 11.5 Å². The van der Waals surface area contributed by atoms with Crippen molar-refractivity contribution in [2.45, 2.75) is 25.7 Å². The molecule has 130 valence electrons. The molecular formula is C17H19F3N2O2. The van der Waals surface area contributed by atoms with E-state index in [1.54, 1.807) is 25.3 Å². The predicted molar refractivity (Wildman–Crippen MR) is 84.2 cm³/mol. The number of benzene rings is 1. The van der Waals surface area contributed by atoms with Crippen molar-refractivity contribution in [1.82, 2.24) is 10.3 Å². The molecule has 1 aromatic carbocycles. The van der Waals surface area contributed by atoms with Crippen LogP contribution >= 0.6 is 0 Å². The van der Waals surface area contributed by atoms with Crippen LogP contribution in [0.4, 0.5) is 13.2 Å². The number of methoxy groups -OCH3 is 2. The number of halogens is 3. The largest absolute Gasteiger partial charge is 0.493 e. The fourth-order valence-corrected chi connectivity index (χ4v) is 2.39. The number of hydrogen-bond donors (Lipinski definition) is 1. The van der Waals surface area contributed by atoms with Crippen LogP contribution in [-0.2, 0) is 6.54 Å². The summed E-state index contributed by atoms with van der Waals surface area (Å²) in [6, 6.07) is 5.79. The Morgan fingerprint density at radius 3 is 2.38 bits per heavy atom. The van der Waals surface area contributed by atoms with Crippen LogP contribution in [0.15, 0.2) is 36.5 Å². The number of aromatic nitrogens is 1. The van der Waals surface area contributed by atoms with Crippen molar-refractivity contribution < 1.29 is 22.6 Å². The number of hydrogen-bond acceptors (Lipinski definition) is 4. The summed E-state index contributed by atoms with van der Waals surface area (Å²) in [5, 5.41) is 2.56. The van der Waals surface area contributed by atoms with Crippen LogP contribution in [0.2, 0.25) is 0 Å². The van der Waals surface area contributed by atoms with Crippen molar-refractivity contribution in [3.8, 4) is 11.5 Å². The van der Waals surface area contributed by atoms with E-state index in [1.807, 2.05) is 0 Å². The van der Waals surface area contributed by atoms with Gasteiger partial charge in [-0.05, 0) is 42.3 Å². The maximum absolute atomic E-state index is 13.5. The molecule has 0 spiro atoms. The van der Waals surface area contributed by atoms with Gasteiger partial charge in [0.15, 0.2) is 11.5 Å². The van der Waals surface area contributed by atoms with Crippen LogP contribution in [0, 0.1) is 6.92 Å². The molecule has 0 fully saturated rings. The average Bonchev–Trinajstić information content (AvgIpc) is 2.53. The van der Waals surface area contributed by atoms with Crippen molar-refractivity contribution in [2.75, 3.05) is 14.2 Å². The number of nitrogens with zero attached hydrogens (tertiary/aromatic N) is 1. The zero-order valence-electron chi connectivity index (χ0n) is 13.6. The van der Waals surface area contributed by atoms with Gasteiger partial charge in [0.05, 0.1) is 14.2 Å². The summed E-state index contributed by atoms with van der Waals surface area (Å²) in [6.07, 6.45) is -2.87. The second-order valence-corrected chi connectivity index (χ2v) is 5.28. The van der Waals surface area contributed by atoms with Gasteiger partial charge in [0.25, 0.3) is 0 Å². The molecule has 0 radical (unpaired) electrons. The lowest BCUT2D eigenvalue weighted by Gasteiger charge is -2.23. The van der Waals surface area contributed by atoms with Crippen LogP contribution in [0.25, 0.3) is 0 Å². The normalized spacial score (nSPS) is 12.8. The summed E-state index contributed by atoms with van der Waals surface area (Å²) in [6.45, 7) is 1.86. The summed E-state index contributed by atoms with van der Waals surface area (Å²) in [7, 11) is 2.82. The fraction of sp³-hybridized carbons (Fsp3) is 0.353. The topological polar surface area (TPSA) is 43.4 Å². The molecule has 0 aliphatic rings. The lowest BCUT2D eigenvalue weighted by atomic mass is 10.0. The Morgan fingerprint density at radius 1 is 1.08 bits per heavy atom. The summed E-state index contributed by atoms with van der Waals surface area (Å²) in [4.78, 5) is 4.04.